The number of aromatic hydroxyl groups is 1. The molecule has 2 aromatic rings. The van der Waals surface area contributed by atoms with Crippen LogP contribution in [0.2, 0.25) is 0 Å². The summed E-state index contributed by atoms with van der Waals surface area (Å²) in [6.07, 6.45) is 0. The fourth-order valence-electron chi connectivity index (χ4n) is 2.99. The van der Waals surface area contributed by atoms with Crippen LogP contribution in [0.3, 0.4) is 0 Å². The van der Waals surface area contributed by atoms with Crippen LogP contribution in [0.1, 0.15) is 17.0 Å². The lowest BCUT2D eigenvalue weighted by molar-refractivity contribution is -0.670. The number of phenols is 1. The van der Waals surface area contributed by atoms with Gasteiger partial charge in [-0.3, -0.25) is 11.3 Å². The molecule has 2 aliphatic heterocycles. The van der Waals surface area contributed by atoms with E-state index in [9.17, 15) is 10.5 Å². The molecule has 0 amide bonds. The molecule has 6 nitrogen and oxygen atoms in total. The summed E-state index contributed by atoms with van der Waals surface area (Å²) in [6, 6.07) is 14.3. The van der Waals surface area contributed by atoms with E-state index in [4.69, 9.17) is 14.9 Å². The van der Waals surface area contributed by atoms with E-state index in [1.807, 2.05) is 30.3 Å². The number of hydrogen-bond donors (Lipinski definition) is 3. The van der Waals surface area contributed by atoms with Crippen LogP contribution in [0.5, 0.6) is 11.5 Å². The molecule has 0 spiro atoms. The zero-order valence-electron chi connectivity index (χ0n) is 14.3. The molecule has 0 aliphatic carbocycles. The first kappa shape index (κ1) is 17.9. The lowest BCUT2D eigenvalue weighted by atomic mass is 9.83. The highest BCUT2D eigenvalue weighted by molar-refractivity contribution is 6.05. The van der Waals surface area contributed by atoms with Crippen LogP contribution in [-0.2, 0) is 4.74 Å². The minimum Gasteiger partial charge on any atom is -0.763 e. The van der Waals surface area contributed by atoms with E-state index < -0.39 is 0 Å². The Bertz CT molecular complexity index is 814. The number of nitrogens with zero attached hydrogens (tertiary/aromatic N) is 1. The lowest BCUT2D eigenvalue weighted by Gasteiger charge is -2.28. The fraction of sp³-hybridized carbons (Fsp3) is 0.250. The van der Waals surface area contributed by atoms with E-state index in [-0.39, 0.29) is 23.1 Å². The smallest absolute Gasteiger partial charge is 0.222 e. The number of benzene rings is 2. The second-order valence-corrected chi connectivity index (χ2v) is 6.00. The molecule has 6 heteroatoms. The summed E-state index contributed by atoms with van der Waals surface area (Å²) in [5.74, 6) is 2.05. The molecular formula is C20H21N3O3. The highest BCUT2D eigenvalue weighted by Crippen LogP contribution is 2.42. The summed E-state index contributed by atoms with van der Waals surface area (Å²) >= 11 is 0. The Morgan fingerprint density at radius 1 is 1.12 bits per heavy atom. The maximum Gasteiger partial charge on any atom is 0.222 e. The predicted molar refractivity (Wildman–Crippen MR) is 99.1 cm³/mol. The van der Waals surface area contributed by atoms with Crippen LogP contribution in [0.15, 0.2) is 54.1 Å². The van der Waals surface area contributed by atoms with E-state index in [2.05, 4.69) is 11.2 Å². The number of ether oxygens (including phenoxy) is 2. The molecule has 1 atom stereocenters. The second kappa shape index (κ2) is 8.45. The highest BCUT2D eigenvalue weighted by Gasteiger charge is 2.30. The molecule has 26 heavy (non-hydrogen) atoms. The van der Waals surface area contributed by atoms with Gasteiger partial charge in [-0.2, -0.15) is 0 Å². The fourth-order valence-corrected chi connectivity index (χ4v) is 2.99. The lowest BCUT2D eigenvalue weighted by Crippen LogP contribution is -2.87. The third-order valence-corrected chi connectivity index (χ3v) is 4.24. The number of hydrogen-bond acceptors (Lipinski definition) is 4. The van der Waals surface area contributed by atoms with E-state index in [0.717, 1.165) is 37.4 Å². The minimum atomic E-state index is -0.335. The van der Waals surface area contributed by atoms with Gasteiger partial charge in [0.15, 0.2) is 0 Å². The van der Waals surface area contributed by atoms with Crippen molar-refractivity contribution < 1.29 is 19.9 Å². The van der Waals surface area contributed by atoms with Crippen molar-refractivity contribution in [3.8, 4) is 11.5 Å². The molecule has 0 saturated carbocycles. The van der Waals surface area contributed by atoms with Crippen LogP contribution in [0.4, 0.5) is 0 Å². The van der Waals surface area contributed by atoms with Crippen LogP contribution >= 0.6 is 0 Å². The van der Waals surface area contributed by atoms with Gasteiger partial charge in [-0.25, -0.2) is 0 Å². The summed E-state index contributed by atoms with van der Waals surface area (Å²) in [4.78, 5) is 0. The van der Waals surface area contributed by atoms with Crippen molar-refractivity contribution in [2.45, 2.75) is 5.92 Å². The number of nitrogens with one attached hydrogen (secondary N) is 1. The molecule has 4 rings (SSSR count). The van der Waals surface area contributed by atoms with Gasteiger partial charge in [-0.1, -0.05) is 36.4 Å². The van der Waals surface area contributed by atoms with Gasteiger partial charge in [0, 0.05) is 23.1 Å². The average Bonchev–Trinajstić information content (AvgIpc) is 2.69. The molecule has 1 unspecified atom stereocenters. The molecule has 134 valence electrons. The van der Waals surface area contributed by atoms with Gasteiger partial charge >= 0.3 is 0 Å². The number of nitrogens with two attached hydrogens (primary N) is 1. The van der Waals surface area contributed by atoms with Crippen LogP contribution in [-0.4, -0.2) is 43.2 Å². The van der Waals surface area contributed by atoms with Crippen molar-refractivity contribution in [2.24, 2.45) is 0 Å². The van der Waals surface area contributed by atoms with Crippen molar-refractivity contribution in [3.63, 3.8) is 0 Å². The second-order valence-electron chi connectivity index (χ2n) is 6.00. The molecule has 1 fully saturated rings. The molecule has 2 aliphatic rings. The molecule has 0 aromatic heterocycles. The third kappa shape index (κ3) is 4.00. The topological polar surface area (TPSA) is 101 Å². The minimum absolute atomic E-state index is 0.0729. The van der Waals surface area contributed by atoms with Gasteiger partial charge in [-0.15, -0.1) is 0 Å². The predicted octanol–water partition coefficient (Wildman–Crippen LogP) is 1.64. The molecule has 0 radical (unpaired) electrons. The van der Waals surface area contributed by atoms with Crippen LogP contribution < -0.4 is 10.1 Å². The Morgan fingerprint density at radius 2 is 1.85 bits per heavy atom. The van der Waals surface area contributed by atoms with Gasteiger partial charge in [-0.05, 0) is 11.6 Å². The van der Waals surface area contributed by atoms with Gasteiger partial charge in [0.1, 0.15) is 11.5 Å². The molecule has 2 aromatic carbocycles. The Labute approximate surface area is 152 Å². The van der Waals surface area contributed by atoms with Crippen molar-refractivity contribution in [3.05, 3.63) is 70.6 Å². The van der Waals surface area contributed by atoms with E-state index in [1.54, 1.807) is 12.1 Å². The Kier molecular flexibility index (Phi) is 5.81. The largest absolute Gasteiger partial charge is 0.763 e. The summed E-state index contributed by atoms with van der Waals surface area (Å²) in [6.45, 7) is 4.19. The Morgan fingerprint density at radius 3 is 2.42 bits per heavy atom. The van der Waals surface area contributed by atoms with E-state index in [1.165, 1.54) is 6.07 Å². The zero-order chi connectivity index (χ0) is 18.4. The summed E-state index contributed by atoms with van der Waals surface area (Å²) in [5, 5.41) is 29.0. The molecule has 0 bridgehead atoms. The van der Waals surface area contributed by atoms with Gasteiger partial charge in [0.05, 0.1) is 26.3 Å². The first-order valence-electron chi connectivity index (χ1n) is 8.51. The van der Waals surface area contributed by atoms with E-state index >= 15 is 0 Å². The average molecular weight is 351 g/mol. The van der Waals surface area contributed by atoms with Crippen LogP contribution in [0, 0.1) is 5.41 Å². The van der Waals surface area contributed by atoms with E-state index in [0.29, 0.717) is 5.75 Å². The molecular weight excluding hydrogens is 330 g/mol. The van der Waals surface area contributed by atoms with Crippen molar-refractivity contribution in [2.75, 3.05) is 26.3 Å². The maximum atomic E-state index is 9.53. The number of rotatable bonds is 1. The number of fused-ring (bicyclic) bond motifs is 1. The van der Waals surface area contributed by atoms with Crippen LogP contribution in [0.25, 0.3) is 5.41 Å². The molecule has 2 heterocycles. The normalized spacial score (nSPS) is 18.7. The first-order chi connectivity index (χ1) is 12.7. The Hall–Kier alpha value is -2.92. The standard InChI is InChI=1S/C16H11N2O2.C4H9NO/c17-9-13-15(10-4-2-1-3-5-10)12-7-6-11(19)8-14(12)20-16(13)18;1-3-6-4-2-5-1/h1-8,15,18-19H;5H,1-4H2/q-1;/p+1. The van der Waals surface area contributed by atoms with Gasteiger partial charge in [0.25, 0.3) is 0 Å². The summed E-state index contributed by atoms with van der Waals surface area (Å²) in [7, 11) is 0. The zero-order valence-corrected chi connectivity index (χ0v) is 14.3. The molecule has 1 saturated heterocycles. The van der Waals surface area contributed by atoms with Gasteiger partial charge < -0.3 is 25.3 Å². The first-order valence-corrected chi connectivity index (χ1v) is 8.51. The SMILES string of the molecule is C1COCC[NH2+]1.[N-]=C=C1C(=N)Oc2cc(O)ccc2C1c1ccccc1. The highest BCUT2D eigenvalue weighted by atomic mass is 16.5. The summed E-state index contributed by atoms with van der Waals surface area (Å²) in [5.41, 5.74) is 1.97. The van der Waals surface area contributed by atoms with Crippen molar-refractivity contribution in [1.82, 2.24) is 0 Å². The van der Waals surface area contributed by atoms with Gasteiger partial charge in [0.2, 0.25) is 5.90 Å². The molecule has 4 N–H and O–H groups in total. The quantitative estimate of drug-likeness (QED) is 0.681. The van der Waals surface area contributed by atoms with Crippen molar-refractivity contribution in [1.29, 1.82) is 5.41 Å². The number of phenolic OH excluding ortho intramolecular Hbond substituents is 1. The number of quaternary nitrogens is 1. The Balaban J connectivity index is 0.000000278. The summed E-state index contributed by atoms with van der Waals surface area (Å²) < 4.78 is 10.4. The van der Waals surface area contributed by atoms with Crippen molar-refractivity contribution >= 4 is 11.8 Å². The monoisotopic (exact) mass is 351 g/mol. The third-order valence-electron chi connectivity index (χ3n) is 4.24. The maximum absolute atomic E-state index is 9.53. The number of morpholine rings is 1.